The molecule has 2 unspecified atom stereocenters. The summed E-state index contributed by atoms with van der Waals surface area (Å²) in [5.74, 6) is 1.04. The number of aromatic nitrogens is 2. The molecule has 3 fully saturated rings. The van der Waals surface area contributed by atoms with E-state index in [0.29, 0.717) is 57.3 Å². The summed E-state index contributed by atoms with van der Waals surface area (Å²) in [6.07, 6.45) is 6.04. The minimum absolute atomic E-state index is 0.0172. The average Bonchev–Trinajstić information content (AvgIpc) is 3.69. The summed E-state index contributed by atoms with van der Waals surface area (Å²) in [5, 5.41) is 11.7. The molecule has 45 heavy (non-hydrogen) atoms. The number of piperazine rings is 1. The summed E-state index contributed by atoms with van der Waals surface area (Å²) < 4.78 is 6.23. The molecule has 1 aliphatic carbocycles. The van der Waals surface area contributed by atoms with Crippen LogP contribution in [0.1, 0.15) is 65.2 Å². The van der Waals surface area contributed by atoms with E-state index >= 15 is 0 Å². The lowest BCUT2D eigenvalue weighted by Gasteiger charge is -2.41. The van der Waals surface area contributed by atoms with Gasteiger partial charge < -0.3 is 24.3 Å². The highest BCUT2D eigenvalue weighted by molar-refractivity contribution is 6.08. The minimum Gasteiger partial charge on any atom is -0.462 e. The van der Waals surface area contributed by atoms with Gasteiger partial charge in [0.15, 0.2) is 0 Å². The lowest BCUT2D eigenvalue weighted by atomic mass is 9.96. The van der Waals surface area contributed by atoms with E-state index in [1.165, 1.54) is 11.6 Å². The maximum Gasteiger partial charge on any atom is 0.318 e. The maximum atomic E-state index is 14.3. The largest absolute Gasteiger partial charge is 0.462 e. The average molecular weight is 606 g/mol. The molecule has 1 aromatic heterocycles. The van der Waals surface area contributed by atoms with Crippen molar-refractivity contribution in [2.75, 3.05) is 44.7 Å². The van der Waals surface area contributed by atoms with Gasteiger partial charge in [0, 0.05) is 36.8 Å². The number of anilines is 1. The second-order valence-electron chi connectivity index (χ2n) is 12.7. The monoisotopic (exact) mass is 605 g/mol. The van der Waals surface area contributed by atoms with Gasteiger partial charge >= 0.3 is 6.01 Å². The highest BCUT2D eigenvalue weighted by atomic mass is 16.5. The quantitative estimate of drug-likeness (QED) is 0.351. The van der Waals surface area contributed by atoms with Crippen molar-refractivity contribution in [3.05, 3.63) is 71.4 Å². The number of likely N-dealkylation sites (N-methyl/N-ethyl adjacent to an activating group) is 1. The third-order valence-electron chi connectivity index (χ3n) is 9.85. The van der Waals surface area contributed by atoms with Crippen molar-refractivity contribution in [2.45, 2.75) is 63.2 Å². The van der Waals surface area contributed by atoms with E-state index in [1.807, 2.05) is 17.0 Å². The minimum atomic E-state index is -0.299. The Balaban J connectivity index is 1.21. The molecule has 2 aromatic carbocycles. The van der Waals surface area contributed by atoms with E-state index in [2.05, 4.69) is 53.8 Å². The number of rotatable bonds is 8. The van der Waals surface area contributed by atoms with E-state index < -0.39 is 0 Å². The molecule has 2 saturated heterocycles. The summed E-state index contributed by atoms with van der Waals surface area (Å²) >= 11 is 0. The molecule has 3 aromatic rings. The first kappa shape index (κ1) is 29.2. The first-order valence-electron chi connectivity index (χ1n) is 16.0. The van der Waals surface area contributed by atoms with Crippen molar-refractivity contribution in [1.29, 1.82) is 5.26 Å². The number of fused-ring (bicyclic) bond motifs is 2. The number of ether oxygens (including phenoxy) is 1. The van der Waals surface area contributed by atoms with Gasteiger partial charge in [0.2, 0.25) is 5.91 Å². The standard InChI is InChI=1S/C35H39N7O3/c1-3-31(43)42-18-17-40(19-25(42)14-15-36)33-29-20-41(21-30(29)37-35(38-33)45-22-26-9-6-16-39(26)2)34(44)28-11-5-8-24-7-4-10-27(32(24)28)23-12-13-23/h3-5,7-8,10-11,23,25-26H,1,6,9,12-14,16-22H2,2H3. The Hall–Kier alpha value is -4.49. The van der Waals surface area contributed by atoms with E-state index in [-0.39, 0.29) is 24.3 Å². The molecule has 4 heterocycles. The Morgan fingerprint density at radius 2 is 1.89 bits per heavy atom. The zero-order chi connectivity index (χ0) is 31.1. The smallest absolute Gasteiger partial charge is 0.318 e. The van der Waals surface area contributed by atoms with Crippen LogP contribution in [0.25, 0.3) is 10.8 Å². The van der Waals surface area contributed by atoms with Crippen LogP contribution in [0.2, 0.25) is 0 Å². The number of hydrogen-bond acceptors (Lipinski definition) is 8. The molecule has 232 valence electrons. The summed E-state index contributed by atoms with van der Waals surface area (Å²) in [5.41, 5.74) is 3.67. The van der Waals surface area contributed by atoms with Crippen LogP contribution in [0.4, 0.5) is 5.82 Å². The fourth-order valence-electron chi connectivity index (χ4n) is 7.23. The summed E-state index contributed by atoms with van der Waals surface area (Å²) in [4.78, 5) is 44.6. The van der Waals surface area contributed by atoms with E-state index in [0.717, 1.165) is 65.6 Å². The number of amides is 2. The van der Waals surface area contributed by atoms with Crippen LogP contribution < -0.4 is 9.64 Å². The molecule has 2 amide bonds. The maximum absolute atomic E-state index is 14.3. The Bertz CT molecular complexity index is 1690. The van der Waals surface area contributed by atoms with Crippen molar-refractivity contribution in [3.8, 4) is 12.1 Å². The Kier molecular flexibility index (Phi) is 7.88. The fraction of sp³-hybridized carbons (Fsp3) is 0.457. The van der Waals surface area contributed by atoms with Gasteiger partial charge in [-0.1, -0.05) is 36.9 Å². The number of nitriles is 1. The normalized spacial score (nSPS) is 21.6. The number of likely N-dealkylation sites (tertiary alicyclic amines) is 1. The molecule has 0 spiro atoms. The molecule has 0 radical (unpaired) electrons. The molecule has 4 aliphatic rings. The first-order chi connectivity index (χ1) is 21.9. The van der Waals surface area contributed by atoms with Gasteiger partial charge in [-0.15, -0.1) is 0 Å². The second-order valence-corrected chi connectivity index (χ2v) is 12.7. The summed E-state index contributed by atoms with van der Waals surface area (Å²) in [6, 6.07) is 14.9. The van der Waals surface area contributed by atoms with Gasteiger partial charge in [-0.2, -0.15) is 15.2 Å². The van der Waals surface area contributed by atoms with E-state index in [4.69, 9.17) is 14.7 Å². The second kappa shape index (κ2) is 12.1. The Morgan fingerprint density at radius 3 is 2.62 bits per heavy atom. The Labute approximate surface area is 263 Å². The SMILES string of the molecule is C=CC(=O)N1CCN(c2nc(OCC3CCCN3C)nc3c2CN(C(=O)c2cccc4cccc(C5CC5)c24)C3)CC1CC#N. The molecular formula is C35H39N7O3. The van der Waals surface area contributed by atoms with E-state index in [1.54, 1.807) is 4.90 Å². The van der Waals surface area contributed by atoms with Crippen LogP contribution in [-0.4, -0.2) is 88.4 Å². The van der Waals surface area contributed by atoms with Crippen molar-refractivity contribution >= 4 is 28.4 Å². The number of carbonyl (C=O) groups excluding carboxylic acids is 2. The molecule has 3 aliphatic heterocycles. The number of benzene rings is 2. The summed E-state index contributed by atoms with van der Waals surface area (Å²) in [7, 11) is 2.11. The molecule has 1 saturated carbocycles. The molecule has 10 heteroatoms. The van der Waals surface area contributed by atoms with E-state index in [9.17, 15) is 14.9 Å². The van der Waals surface area contributed by atoms with Crippen LogP contribution >= 0.6 is 0 Å². The van der Waals surface area contributed by atoms with Crippen LogP contribution in [0.3, 0.4) is 0 Å². The summed E-state index contributed by atoms with van der Waals surface area (Å²) in [6.45, 7) is 7.37. The van der Waals surface area contributed by atoms with Gasteiger partial charge in [0.1, 0.15) is 12.4 Å². The lowest BCUT2D eigenvalue weighted by molar-refractivity contribution is -0.128. The van der Waals surface area contributed by atoms with Crippen molar-refractivity contribution in [3.63, 3.8) is 0 Å². The fourth-order valence-corrected chi connectivity index (χ4v) is 7.23. The third kappa shape index (κ3) is 5.61. The predicted molar refractivity (Wildman–Crippen MR) is 171 cm³/mol. The lowest BCUT2D eigenvalue weighted by Crippen LogP contribution is -2.55. The number of carbonyl (C=O) groups is 2. The van der Waals surface area contributed by atoms with Crippen molar-refractivity contribution in [1.82, 2.24) is 24.7 Å². The highest BCUT2D eigenvalue weighted by Gasteiger charge is 2.36. The van der Waals surface area contributed by atoms with Gasteiger partial charge in [-0.3, -0.25) is 9.59 Å². The predicted octanol–water partition coefficient (Wildman–Crippen LogP) is 4.25. The molecular weight excluding hydrogens is 566 g/mol. The zero-order valence-corrected chi connectivity index (χ0v) is 25.8. The number of hydrogen-bond donors (Lipinski definition) is 0. The first-order valence-corrected chi connectivity index (χ1v) is 16.0. The van der Waals surface area contributed by atoms with Gasteiger partial charge in [0.05, 0.1) is 37.3 Å². The highest BCUT2D eigenvalue weighted by Crippen LogP contribution is 2.44. The molecule has 10 nitrogen and oxygen atoms in total. The van der Waals surface area contributed by atoms with Crippen LogP contribution in [-0.2, 0) is 17.9 Å². The van der Waals surface area contributed by atoms with Gasteiger partial charge in [-0.25, -0.2) is 0 Å². The molecule has 7 rings (SSSR count). The van der Waals surface area contributed by atoms with Crippen molar-refractivity contribution in [2.24, 2.45) is 0 Å². The van der Waals surface area contributed by atoms with Gasteiger partial charge in [-0.05, 0) is 73.7 Å². The molecule has 0 bridgehead atoms. The Morgan fingerprint density at radius 1 is 1.07 bits per heavy atom. The zero-order valence-electron chi connectivity index (χ0n) is 25.8. The number of nitrogens with zero attached hydrogens (tertiary/aromatic N) is 7. The topological polar surface area (TPSA) is 106 Å². The third-order valence-corrected chi connectivity index (χ3v) is 9.85. The molecule has 2 atom stereocenters. The van der Waals surface area contributed by atoms with Crippen LogP contribution in [0.15, 0.2) is 49.1 Å². The van der Waals surface area contributed by atoms with Crippen molar-refractivity contribution < 1.29 is 14.3 Å². The molecule has 0 N–H and O–H groups in total. The van der Waals surface area contributed by atoms with Crippen LogP contribution in [0, 0.1) is 11.3 Å². The van der Waals surface area contributed by atoms with Gasteiger partial charge in [0.25, 0.3) is 5.91 Å². The van der Waals surface area contributed by atoms with Crippen LogP contribution in [0.5, 0.6) is 6.01 Å².